The Morgan fingerprint density at radius 3 is 2.42 bits per heavy atom. The predicted molar refractivity (Wildman–Crippen MR) is 82.6 cm³/mol. The lowest BCUT2D eigenvalue weighted by Crippen LogP contribution is -2.31. The van der Waals surface area contributed by atoms with Crippen LogP contribution < -0.4 is 10.6 Å². The summed E-state index contributed by atoms with van der Waals surface area (Å²) in [6.45, 7) is 4.86. The molecule has 0 saturated carbocycles. The molecule has 2 aromatic carbocycles. The van der Waals surface area contributed by atoms with Crippen LogP contribution in [0.25, 0.3) is 0 Å². The number of rotatable bonds is 4. The molecule has 2 nitrogen and oxygen atoms in total. The summed E-state index contributed by atoms with van der Waals surface area (Å²) in [6.07, 6.45) is 0. The van der Waals surface area contributed by atoms with Gasteiger partial charge < -0.3 is 10.6 Å². The van der Waals surface area contributed by atoms with Gasteiger partial charge in [-0.25, -0.2) is 0 Å². The first-order chi connectivity index (χ1) is 9.13. The Labute approximate surface area is 115 Å². The van der Waals surface area contributed by atoms with E-state index in [1.807, 2.05) is 0 Å². The Hall–Kier alpha value is -1.80. The molecule has 0 spiro atoms. The summed E-state index contributed by atoms with van der Waals surface area (Å²) >= 11 is 0. The van der Waals surface area contributed by atoms with E-state index in [9.17, 15) is 0 Å². The second-order valence-corrected chi connectivity index (χ2v) is 5.06. The van der Waals surface area contributed by atoms with Crippen LogP contribution in [0.15, 0.2) is 48.5 Å². The van der Waals surface area contributed by atoms with Gasteiger partial charge in [0.25, 0.3) is 0 Å². The number of hydrogen-bond donors (Lipinski definition) is 1. The lowest BCUT2D eigenvalue weighted by atomic mass is 9.99. The molecule has 0 fully saturated rings. The quantitative estimate of drug-likeness (QED) is 0.905. The zero-order chi connectivity index (χ0) is 13.8. The predicted octanol–water partition coefficient (Wildman–Crippen LogP) is 3.44. The van der Waals surface area contributed by atoms with Gasteiger partial charge in [0.05, 0.1) is 6.04 Å². The first-order valence-electron chi connectivity index (χ1n) is 6.68. The highest BCUT2D eigenvalue weighted by Crippen LogP contribution is 2.27. The van der Waals surface area contributed by atoms with E-state index in [0.717, 1.165) is 0 Å². The van der Waals surface area contributed by atoms with Crippen molar-refractivity contribution in [2.24, 2.45) is 5.73 Å². The topological polar surface area (TPSA) is 29.3 Å². The van der Waals surface area contributed by atoms with E-state index < -0.39 is 0 Å². The molecule has 2 N–H and O–H groups in total. The monoisotopic (exact) mass is 254 g/mol. The second-order valence-electron chi connectivity index (χ2n) is 5.06. The van der Waals surface area contributed by atoms with Crippen molar-refractivity contribution in [1.29, 1.82) is 0 Å². The minimum atomic E-state index is 0.211. The maximum Gasteiger partial charge on any atom is 0.0664 e. The second kappa shape index (κ2) is 5.89. The third-order valence-corrected chi connectivity index (χ3v) is 3.65. The van der Waals surface area contributed by atoms with Gasteiger partial charge in [-0.3, -0.25) is 0 Å². The summed E-state index contributed by atoms with van der Waals surface area (Å²) in [4.78, 5) is 2.26. The Morgan fingerprint density at radius 1 is 1.05 bits per heavy atom. The van der Waals surface area contributed by atoms with Gasteiger partial charge in [-0.1, -0.05) is 36.4 Å². The molecule has 0 saturated heterocycles. The van der Waals surface area contributed by atoms with Crippen LogP contribution in [-0.4, -0.2) is 13.6 Å². The lowest BCUT2D eigenvalue weighted by Gasteiger charge is -2.30. The summed E-state index contributed by atoms with van der Waals surface area (Å²) < 4.78 is 0. The van der Waals surface area contributed by atoms with E-state index in [4.69, 9.17) is 5.73 Å². The summed E-state index contributed by atoms with van der Waals surface area (Å²) in [5.41, 5.74) is 11.1. The van der Waals surface area contributed by atoms with Crippen LogP contribution in [0.1, 0.15) is 22.7 Å². The number of hydrogen-bond acceptors (Lipinski definition) is 2. The van der Waals surface area contributed by atoms with Gasteiger partial charge in [-0.05, 0) is 42.7 Å². The van der Waals surface area contributed by atoms with Crippen molar-refractivity contribution in [2.75, 3.05) is 18.5 Å². The zero-order valence-corrected chi connectivity index (χ0v) is 11.9. The lowest BCUT2D eigenvalue weighted by molar-refractivity contribution is 0.676. The fourth-order valence-electron chi connectivity index (χ4n) is 2.48. The molecule has 100 valence electrons. The Morgan fingerprint density at radius 2 is 1.79 bits per heavy atom. The van der Waals surface area contributed by atoms with Gasteiger partial charge in [-0.15, -0.1) is 0 Å². The van der Waals surface area contributed by atoms with Crippen molar-refractivity contribution < 1.29 is 0 Å². The number of nitrogens with zero attached hydrogens (tertiary/aromatic N) is 1. The maximum absolute atomic E-state index is 6.01. The standard InChI is InChI=1S/C17H22N2/c1-13-7-6-9-15(11-13)19(3)17(12-18)16-10-5-4-8-14(16)2/h4-11,17H,12,18H2,1-3H3. The molecule has 0 heterocycles. The van der Waals surface area contributed by atoms with E-state index in [1.54, 1.807) is 0 Å². The third kappa shape index (κ3) is 2.96. The van der Waals surface area contributed by atoms with Crippen LogP contribution in [0.3, 0.4) is 0 Å². The Bertz CT molecular complexity index is 548. The fourth-order valence-corrected chi connectivity index (χ4v) is 2.48. The summed E-state index contributed by atoms with van der Waals surface area (Å²) in [5, 5.41) is 0. The van der Waals surface area contributed by atoms with E-state index in [2.05, 4.69) is 74.3 Å². The SMILES string of the molecule is Cc1cccc(N(C)C(CN)c2ccccc2C)c1. The van der Waals surface area contributed by atoms with Crippen molar-refractivity contribution in [3.8, 4) is 0 Å². The van der Waals surface area contributed by atoms with E-state index >= 15 is 0 Å². The smallest absolute Gasteiger partial charge is 0.0664 e. The van der Waals surface area contributed by atoms with Crippen molar-refractivity contribution >= 4 is 5.69 Å². The average molecular weight is 254 g/mol. The molecule has 2 heteroatoms. The molecule has 0 bridgehead atoms. The minimum absolute atomic E-state index is 0.211. The molecule has 0 aromatic heterocycles. The van der Waals surface area contributed by atoms with E-state index in [-0.39, 0.29) is 6.04 Å². The summed E-state index contributed by atoms with van der Waals surface area (Å²) in [5.74, 6) is 0. The number of anilines is 1. The number of benzene rings is 2. The van der Waals surface area contributed by atoms with Crippen LogP contribution in [0.4, 0.5) is 5.69 Å². The van der Waals surface area contributed by atoms with Crippen LogP contribution in [0.2, 0.25) is 0 Å². The van der Waals surface area contributed by atoms with Crippen LogP contribution in [0, 0.1) is 13.8 Å². The van der Waals surface area contributed by atoms with Crippen molar-refractivity contribution in [2.45, 2.75) is 19.9 Å². The normalized spacial score (nSPS) is 12.2. The highest BCUT2D eigenvalue weighted by molar-refractivity contribution is 5.50. The van der Waals surface area contributed by atoms with Crippen LogP contribution >= 0.6 is 0 Å². The van der Waals surface area contributed by atoms with Crippen molar-refractivity contribution in [1.82, 2.24) is 0 Å². The number of nitrogens with two attached hydrogens (primary N) is 1. The molecule has 1 atom stereocenters. The Balaban J connectivity index is 2.35. The molecule has 2 rings (SSSR count). The summed E-state index contributed by atoms with van der Waals surface area (Å²) in [7, 11) is 2.11. The molecule has 0 aliphatic carbocycles. The van der Waals surface area contributed by atoms with Gasteiger partial charge in [0.15, 0.2) is 0 Å². The molecule has 1 unspecified atom stereocenters. The minimum Gasteiger partial charge on any atom is -0.366 e. The summed E-state index contributed by atoms with van der Waals surface area (Å²) in [6, 6.07) is 17.2. The molecular weight excluding hydrogens is 232 g/mol. The van der Waals surface area contributed by atoms with Crippen molar-refractivity contribution in [3.05, 3.63) is 65.2 Å². The third-order valence-electron chi connectivity index (χ3n) is 3.65. The first-order valence-corrected chi connectivity index (χ1v) is 6.68. The van der Waals surface area contributed by atoms with Gasteiger partial charge in [0, 0.05) is 19.3 Å². The maximum atomic E-state index is 6.01. The van der Waals surface area contributed by atoms with Crippen LogP contribution in [0.5, 0.6) is 0 Å². The largest absolute Gasteiger partial charge is 0.366 e. The number of likely N-dealkylation sites (N-methyl/N-ethyl adjacent to an activating group) is 1. The van der Waals surface area contributed by atoms with Gasteiger partial charge in [0.1, 0.15) is 0 Å². The Kier molecular flexibility index (Phi) is 4.23. The zero-order valence-electron chi connectivity index (χ0n) is 11.9. The van der Waals surface area contributed by atoms with Gasteiger partial charge in [-0.2, -0.15) is 0 Å². The molecule has 0 aliphatic heterocycles. The van der Waals surface area contributed by atoms with E-state index in [0.29, 0.717) is 6.54 Å². The van der Waals surface area contributed by atoms with E-state index in [1.165, 1.54) is 22.4 Å². The van der Waals surface area contributed by atoms with Gasteiger partial charge >= 0.3 is 0 Å². The first kappa shape index (κ1) is 13.6. The van der Waals surface area contributed by atoms with Crippen molar-refractivity contribution in [3.63, 3.8) is 0 Å². The fraction of sp³-hybridized carbons (Fsp3) is 0.294. The highest BCUT2D eigenvalue weighted by Gasteiger charge is 2.17. The molecule has 0 amide bonds. The molecule has 2 aromatic rings. The van der Waals surface area contributed by atoms with Crippen LogP contribution in [-0.2, 0) is 0 Å². The number of aryl methyl sites for hydroxylation is 2. The molecule has 19 heavy (non-hydrogen) atoms. The molecule has 0 aliphatic rings. The molecule has 0 radical (unpaired) electrons. The van der Waals surface area contributed by atoms with Gasteiger partial charge in [0.2, 0.25) is 0 Å². The molecular formula is C17H22N2. The average Bonchev–Trinajstić information content (AvgIpc) is 2.41. The highest BCUT2D eigenvalue weighted by atomic mass is 15.1.